The minimum atomic E-state index is -0.332. The minimum Gasteiger partial charge on any atom is -0.466 e. The van der Waals surface area contributed by atoms with E-state index in [2.05, 4.69) is 15.2 Å². The Morgan fingerprint density at radius 1 is 1.33 bits per heavy atom. The van der Waals surface area contributed by atoms with Gasteiger partial charge < -0.3 is 14.5 Å². The quantitative estimate of drug-likeness (QED) is 0.874. The van der Waals surface area contributed by atoms with Crippen molar-refractivity contribution in [2.45, 2.75) is 19.4 Å². The number of furan rings is 1. The number of nitrogens with one attached hydrogen (secondary N) is 1. The van der Waals surface area contributed by atoms with Crippen molar-refractivity contribution in [1.29, 1.82) is 0 Å². The average molecular weight is 329 g/mol. The van der Waals surface area contributed by atoms with Crippen molar-refractivity contribution in [3.05, 3.63) is 53.7 Å². The Balaban J connectivity index is 1.64. The topological polar surface area (TPSA) is 67.6 Å². The molecule has 1 aliphatic heterocycles. The van der Waals surface area contributed by atoms with Crippen LogP contribution in [0.4, 0.5) is 0 Å². The van der Waals surface area contributed by atoms with Crippen molar-refractivity contribution < 1.29 is 13.9 Å². The molecule has 1 atom stereocenters. The molecule has 3 heterocycles. The molecule has 6 heteroatoms. The number of ether oxygens (including phenoxy) is 1. The van der Waals surface area contributed by atoms with E-state index in [0.29, 0.717) is 26.2 Å². The number of nitrogens with zero attached hydrogens (tertiary/aromatic N) is 2. The van der Waals surface area contributed by atoms with Gasteiger partial charge in [0.05, 0.1) is 13.2 Å². The number of hydrogen-bond acceptors (Lipinski definition) is 5. The molecule has 0 spiro atoms. The van der Waals surface area contributed by atoms with Gasteiger partial charge in [0.15, 0.2) is 0 Å². The molecule has 24 heavy (non-hydrogen) atoms. The molecule has 1 saturated heterocycles. The van der Waals surface area contributed by atoms with Crippen LogP contribution in [0.25, 0.3) is 0 Å². The van der Waals surface area contributed by atoms with Gasteiger partial charge in [0.25, 0.3) is 0 Å². The second-order valence-corrected chi connectivity index (χ2v) is 5.89. The Morgan fingerprint density at radius 3 is 2.83 bits per heavy atom. The van der Waals surface area contributed by atoms with Gasteiger partial charge >= 0.3 is 0 Å². The lowest BCUT2D eigenvalue weighted by Gasteiger charge is -2.33. The maximum Gasteiger partial charge on any atom is 0.242 e. The van der Waals surface area contributed by atoms with Gasteiger partial charge in [-0.05, 0) is 30.7 Å². The van der Waals surface area contributed by atoms with E-state index in [0.717, 1.165) is 30.2 Å². The second kappa shape index (κ2) is 8.08. The largest absolute Gasteiger partial charge is 0.466 e. The summed E-state index contributed by atoms with van der Waals surface area (Å²) in [6.07, 6.45) is 4.16. The summed E-state index contributed by atoms with van der Waals surface area (Å²) in [7, 11) is 0. The van der Waals surface area contributed by atoms with Crippen LogP contribution < -0.4 is 5.32 Å². The summed E-state index contributed by atoms with van der Waals surface area (Å²) >= 11 is 0. The Hall–Kier alpha value is -2.18. The zero-order chi connectivity index (χ0) is 16.8. The van der Waals surface area contributed by atoms with Gasteiger partial charge in [0, 0.05) is 38.4 Å². The lowest BCUT2D eigenvalue weighted by molar-refractivity contribution is -0.128. The molecule has 1 amide bonds. The summed E-state index contributed by atoms with van der Waals surface area (Å²) < 4.78 is 10.9. The zero-order valence-electron chi connectivity index (χ0n) is 13.9. The summed E-state index contributed by atoms with van der Waals surface area (Å²) in [6, 6.07) is 7.36. The maximum absolute atomic E-state index is 12.8. The van der Waals surface area contributed by atoms with Gasteiger partial charge in [0.2, 0.25) is 5.91 Å². The van der Waals surface area contributed by atoms with Crippen LogP contribution in [-0.4, -0.2) is 48.6 Å². The normalized spacial score (nSPS) is 16.7. The van der Waals surface area contributed by atoms with Gasteiger partial charge in [-0.15, -0.1) is 0 Å². The molecule has 0 radical (unpaired) electrons. The maximum atomic E-state index is 12.8. The van der Waals surface area contributed by atoms with Crippen LogP contribution in [-0.2, 0) is 16.0 Å². The number of amides is 1. The highest BCUT2D eigenvalue weighted by atomic mass is 16.5. The first-order valence-corrected chi connectivity index (χ1v) is 8.29. The SMILES string of the molecule is Cc1ccc(CCNC(=O)[C@@H](c2cccnc2)N2CCOCC2)o1. The van der Waals surface area contributed by atoms with Crippen molar-refractivity contribution in [2.75, 3.05) is 32.8 Å². The molecule has 2 aromatic rings. The number of pyridine rings is 1. The van der Waals surface area contributed by atoms with Crippen LogP contribution in [0.2, 0.25) is 0 Å². The fourth-order valence-corrected chi connectivity index (χ4v) is 2.93. The monoisotopic (exact) mass is 329 g/mol. The lowest BCUT2D eigenvalue weighted by atomic mass is 10.1. The van der Waals surface area contributed by atoms with Crippen LogP contribution in [0.1, 0.15) is 23.1 Å². The Labute approximate surface area is 141 Å². The fraction of sp³-hybridized carbons (Fsp3) is 0.444. The second-order valence-electron chi connectivity index (χ2n) is 5.89. The molecule has 0 saturated carbocycles. The number of aryl methyl sites for hydroxylation is 1. The summed E-state index contributed by atoms with van der Waals surface area (Å²) in [5.41, 5.74) is 0.908. The summed E-state index contributed by atoms with van der Waals surface area (Å²) in [5.74, 6) is 1.77. The van der Waals surface area contributed by atoms with Gasteiger partial charge in [-0.3, -0.25) is 14.7 Å². The third-order valence-electron chi connectivity index (χ3n) is 4.13. The molecule has 0 aliphatic carbocycles. The van der Waals surface area contributed by atoms with Crippen molar-refractivity contribution in [1.82, 2.24) is 15.2 Å². The number of hydrogen-bond donors (Lipinski definition) is 1. The minimum absolute atomic E-state index is 0.00632. The molecule has 1 fully saturated rings. The van der Waals surface area contributed by atoms with Gasteiger partial charge in [-0.2, -0.15) is 0 Å². The lowest BCUT2D eigenvalue weighted by Crippen LogP contribution is -2.46. The predicted molar refractivity (Wildman–Crippen MR) is 89.5 cm³/mol. The van der Waals surface area contributed by atoms with Crippen LogP contribution in [0.15, 0.2) is 41.1 Å². The van der Waals surface area contributed by atoms with E-state index in [1.165, 1.54) is 0 Å². The van der Waals surface area contributed by atoms with Crippen LogP contribution in [0.5, 0.6) is 0 Å². The third-order valence-corrected chi connectivity index (χ3v) is 4.13. The molecule has 0 unspecified atom stereocenters. The van der Waals surface area contributed by atoms with Gasteiger partial charge in [-0.25, -0.2) is 0 Å². The highest BCUT2D eigenvalue weighted by molar-refractivity contribution is 5.83. The number of carbonyl (C=O) groups excluding carboxylic acids is 1. The number of morpholine rings is 1. The molecular weight excluding hydrogens is 306 g/mol. The number of carbonyl (C=O) groups is 1. The first kappa shape index (κ1) is 16.7. The Kier molecular flexibility index (Phi) is 5.61. The van der Waals surface area contributed by atoms with Gasteiger partial charge in [-0.1, -0.05) is 6.07 Å². The molecule has 2 aromatic heterocycles. The first-order valence-electron chi connectivity index (χ1n) is 8.29. The molecule has 0 aromatic carbocycles. The van der Waals surface area contributed by atoms with E-state index in [1.54, 1.807) is 12.4 Å². The first-order chi connectivity index (χ1) is 11.7. The molecule has 0 bridgehead atoms. The molecule has 128 valence electrons. The Bertz CT molecular complexity index is 651. The van der Waals surface area contributed by atoms with Crippen LogP contribution in [0, 0.1) is 6.92 Å². The van der Waals surface area contributed by atoms with E-state index in [1.807, 2.05) is 31.2 Å². The predicted octanol–water partition coefficient (Wildman–Crippen LogP) is 1.72. The summed E-state index contributed by atoms with van der Waals surface area (Å²) in [5, 5.41) is 3.03. The van der Waals surface area contributed by atoms with Crippen molar-refractivity contribution in [3.8, 4) is 0 Å². The summed E-state index contributed by atoms with van der Waals surface area (Å²) in [6.45, 7) is 5.24. The van der Waals surface area contributed by atoms with Crippen molar-refractivity contribution in [2.24, 2.45) is 0 Å². The van der Waals surface area contributed by atoms with E-state index in [4.69, 9.17) is 9.15 Å². The van der Waals surface area contributed by atoms with Crippen LogP contribution in [0.3, 0.4) is 0 Å². The van der Waals surface area contributed by atoms with E-state index in [9.17, 15) is 4.79 Å². The van der Waals surface area contributed by atoms with Crippen molar-refractivity contribution in [3.63, 3.8) is 0 Å². The third kappa shape index (κ3) is 4.21. The van der Waals surface area contributed by atoms with Crippen molar-refractivity contribution >= 4 is 5.91 Å². The number of rotatable bonds is 6. The van der Waals surface area contributed by atoms with E-state index >= 15 is 0 Å². The fourth-order valence-electron chi connectivity index (χ4n) is 2.93. The smallest absolute Gasteiger partial charge is 0.242 e. The molecule has 1 N–H and O–H groups in total. The van der Waals surface area contributed by atoms with E-state index in [-0.39, 0.29) is 11.9 Å². The molecule has 1 aliphatic rings. The molecular formula is C18H23N3O3. The summed E-state index contributed by atoms with van der Waals surface area (Å²) in [4.78, 5) is 19.1. The molecule has 6 nitrogen and oxygen atoms in total. The highest BCUT2D eigenvalue weighted by Gasteiger charge is 2.28. The highest BCUT2D eigenvalue weighted by Crippen LogP contribution is 2.21. The number of aromatic nitrogens is 1. The van der Waals surface area contributed by atoms with E-state index < -0.39 is 0 Å². The van der Waals surface area contributed by atoms with Gasteiger partial charge in [0.1, 0.15) is 17.6 Å². The Morgan fingerprint density at radius 2 is 2.17 bits per heavy atom. The standard InChI is InChI=1S/C18H23N3O3/c1-14-4-5-16(24-14)6-8-20-18(22)17(15-3-2-7-19-13-15)21-9-11-23-12-10-21/h2-5,7,13,17H,6,8-12H2,1H3,(H,20,22)/t17-/m1/s1. The molecule has 3 rings (SSSR count). The zero-order valence-corrected chi connectivity index (χ0v) is 13.9. The average Bonchev–Trinajstić information content (AvgIpc) is 3.02. The van der Waals surface area contributed by atoms with Crippen LogP contribution >= 0.6 is 0 Å².